The lowest BCUT2D eigenvalue weighted by atomic mass is 10.1. The number of rotatable bonds is 4. The Morgan fingerprint density at radius 2 is 2.20 bits per heavy atom. The Kier molecular flexibility index (Phi) is 5.52. The summed E-state index contributed by atoms with van der Waals surface area (Å²) in [5, 5.41) is 0. The van der Waals surface area contributed by atoms with E-state index in [-0.39, 0.29) is 5.82 Å². The van der Waals surface area contributed by atoms with E-state index in [1.807, 2.05) is 19.1 Å². The molecule has 1 heterocycles. The van der Waals surface area contributed by atoms with Gasteiger partial charge in [-0.25, -0.2) is 4.39 Å². The van der Waals surface area contributed by atoms with Crippen molar-refractivity contribution in [3.63, 3.8) is 0 Å². The van der Waals surface area contributed by atoms with E-state index in [0.717, 1.165) is 44.0 Å². The average molecular weight is 280 g/mol. The fraction of sp³-hybridized carbons (Fsp3) is 0.625. The molecule has 0 amide bonds. The molecule has 1 atom stereocenters. The summed E-state index contributed by atoms with van der Waals surface area (Å²) in [4.78, 5) is 4.49. The van der Waals surface area contributed by atoms with Crippen LogP contribution in [0.2, 0.25) is 0 Å². The summed E-state index contributed by atoms with van der Waals surface area (Å²) < 4.78 is 19.5. The molecule has 4 heteroatoms. The van der Waals surface area contributed by atoms with E-state index >= 15 is 0 Å². The summed E-state index contributed by atoms with van der Waals surface area (Å²) in [5.41, 5.74) is 1.90. The third-order valence-electron chi connectivity index (χ3n) is 3.64. The van der Waals surface area contributed by atoms with Crippen molar-refractivity contribution >= 4 is 0 Å². The van der Waals surface area contributed by atoms with Crippen molar-refractivity contribution in [2.45, 2.75) is 13.5 Å². The van der Waals surface area contributed by atoms with Crippen molar-refractivity contribution < 1.29 is 9.13 Å². The maximum Gasteiger partial charge on any atom is 0.127 e. The van der Waals surface area contributed by atoms with E-state index in [1.165, 1.54) is 0 Å². The third kappa shape index (κ3) is 4.54. The number of hydrogen-bond donors (Lipinski definition) is 0. The fourth-order valence-corrected chi connectivity index (χ4v) is 2.79. The maximum absolute atomic E-state index is 13.9. The zero-order valence-corrected chi connectivity index (χ0v) is 12.7. The summed E-state index contributed by atoms with van der Waals surface area (Å²) in [5.74, 6) is 0.380. The minimum absolute atomic E-state index is 0.107. The van der Waals surface area contributed by atoms with Crippen LogP contribution in [0.4, 0.5) is 4.39 Å². The Hall–Kier alpha value is -0.970. The molecule has 1 saturated heterocycles. The van der Waals surface area contributed by atoms with Gasteiger partial charge < -0.3 is 9.64 Å². The number of benzene rings is 1. The van der Waals surface area contributed by atoms with E-state index in [9.17, 15) is 4.39 Å². The van der Waals surface area contributed by atoms with Gasteiger partial charge in [0.25, 0.3) is 0 Å². The summed E-state index contributed by atoms with van der Waals surface area (Å²) >= 11 is 0. The Bertz CT molecular complexity index is 436. The van der Waals surface area contributed by atoms with E-state index in [1.54, 1.807) is 6.07 Å². The van der Waals surface area contributed by atoms with Crippen LogP contribution in [-0.2, 0) is 11.3 Å². The lowest BCUT2D eigenvalue weighted by molar-refractivity contribution is 0.112. The number of nitrogens with zero attached hydrogens (tertiary/aromatic N) is 2. The molecule has 0 unspecified atom stereocenters. The van der Waals surface area contributed by atoms with Gasteiger partial charge in [0.1, 0.15) is 5.82 Å². The Morgan fingerprint density at radius 1 is 1.40 bits per heavy atom. The highest BCUT2D eigenvalue weighted by atomic mass is 19.1. The van der Waals surface area contributed by atoms with Gasteiger partial charge in [0.2, 0.25) is 0 Å². The van der Waals surface area contributed by atoms with Gasteiger partial charge in [-0.3, -0.25) is 4.90 Å². The SMILES string of the molecule is Cc1ccc(F)c(CN2CCOC[C@H](CN(C)C)C2)c1. The van der Waals surface area contributed by atoms with Crippen LogP contribution < -0.4 is 0 Å². The summed E-state index contributed by atoms with van der Waals surface area (Å²) in [6, 6.07) is 5.33. The molecule has 0 bridgehead atoms. The second-order valence-corrected chi connectivity index (χ2v) is 6.03. The van der Waals surface area contributed by atoms with Crippen LogP contribution in [0.3, 0.4) is 0 Å². The summed E-state index contributed by atoms with van der Waals surface area (Å²) in [6.07, 6.45) is 0. The van der Waals surface area contributed by atoms with Crippen LogP contribution in [0.5, 0.6) is 0 Å². The van der Waals surface area contributed by atoms with Crippen LogP contribution >= 0.6 is 0 Å². The molecule has 0 spiro atoms. The number of halogens is 1. The monoisotopic (exact) mass is 280 g/mol. The molecule has 2 rings (SSSR count). The van der Waals surface area contributed by atoms with Crippen LogP contribution in [0.25, 0.3) is 0 Å². The molecule has 1 aromatic carbocycles. The standard InChI is InChI=1S/C16H25FN2O/c1-13-4-5-16(17)15(8-13)11-19-6-7-20-12-14(10-19)9-18(2)3/h4-5,8,14H,6-7,9-12H2,1-3H3/t14-/m1/s1. The average Bonchev–Trinajstić information content (AvgIpc) is 2.58. The van der Waals surface area contributed by atoms with Crippen molar-refractivity contribution in [1.29, 1.82) is 0 Å². The molecule has 0 saturated carbocycles. The van der Waals surface area contributed by atoms with Crippen molar-refractivity contribution in [3.8, 4) is 0 Å². The topological polar surface area (TPSA) is 15.7 Å². The largest absolute Gasteiger partial charge is 0.380 e. The molecule has 1 aromatic rings. The molecule has 1 aliphatic heterocycles. The zero-order valence-electron chi connectivity index (χ0n) is 12.7. The highest BCUT2D eigenvalue weighted by Gasteiger charge is 2.20. The van der Waals surface area contributed by atoms with E-state index in [0.29, 0.717) is 12.5 Å². The molecule has 1 aliphatic rings. The molecule has 0 radical (unpaired) electrons. The summed E-state index contributed by atoms with van der Waals surface area (Å²) in [6.45, 7) is 7.04. The van der Waals surface area contributed by atoms with Gasteiger partial charge >= 0.3 is 0 Å². The van der Waals surface area contributed by atoms with Gasteiger partial charge in [0.05, 0.1) is 13.2 Å². The van der Waals surface area contributed by atoms with Gasteiger partial charge in [-0.15, -0.1) is 0 Å². The summed E-state index contributed by atoms with van der Waals surface area (Å²) in [7, 11) is 4.16. The molecular formula is C16H25FN2O. The quantitative estimate of drug-likeness (QED) is 0.840. The van der Waals surface area contributed by atoms with Crippen molar-refractivity contribution in [2.24, 2.45) is 5.92 Å². The molecular weight excluding hydrogens is 255 g/mol. The van der Waals surface area contributed by atoms with Gasteiger partial charge in [-0.1, -0.05) is 17.7 Å². The molecule has 112 valence electrons. The predicted molar refractivity (Wildman–Crippen MR) is 79.3 cm³/mol. The first-order valence-corrected chi connectivity index (χ1v) is 7.24. The lowest BCUT2D eigenvalue weighted by Gasteiger charge is -2.25. The first-order chi connectivity index (χ1) is 9.54. The molecule has 0 aromatic heterocycles. The maximum atomic E-state index is 13.9. The Morgan fingerprint density at radius 3 is 2.95 bits per heavy atom. The van der Waals surface area contributed by atoms with Crippen molar-refractivity contribution in [3.05, 3.63) is 35.1 Å². The smallest absolute Gasteiger partial charge is 0.127 e. The van der Waals surface area contributed by atoms with Gasteiger partial charge in [0, 0.05) is 37.7 Å². The van der Waals surface area contributed by atoms with Gasteiger partial charge in [-0.2, -0.15) is 0 Å². The fourth-order valence-electron chi connectivity index (χ4n) is 2.79. The van der Waals surface area contributed by atoms with Crippen LogP contribution in [-0.4, -0.2) is 56.7 Å². The Labute approximate surface area is 121 Å². The van der Waals surface area contributed by atoms with Gasteiger partial charge in [-0.05, 0) is 27.1 Å². The minimum Gasteiger partial charge on any atom is -0.380 e. The number of hydrogen-bond acceptors (Lipinski definition) is 3. The van der Waals surface area contributed by atoms with Crippen molar-refractivity contribution in [1.82, 2.24) is 9.80 Å². The van der Waals surface area contributed by atoms with Crippen LogP contribution in [0.1, 0.15) is 11.1 Å². The molecule has 0 aliphatic carbocycles. The van der Waals surface area contributed by atoms with E-state index in [4.69, 9.17) is 4.74 Å². The minimum atomic E-state index is -0.107. The molecule has 0 N–H and O–H groups in total. The number of aryl methyl sites for hydroxylation is 1. The number of ether oxygens (including phenoxy) is 1. The first-order valence-electron chi connectivity index (χ1n) is 7.24. The normalized spacial score (nSPS) is 21.1. The second kappa shape index (κ2) is 7.16. The third-order valence-corrected chi connectivity index (χ3v) is 3.64. The highest BCUT2D eigenvalue weighted by molar-refractivity contribution is 5.24. The van der Waals surface area contributed by atoms with Gasteiger partial charge in [0.15, 0.2) is 0 Å². The predicted octanol–water partition coefficient (Wildman–Crippen LogP) is 2.14. The lowest BCUT2D eigenvalue weighted by Crippen LogP contribution is -2.34. The Balaban J connectivity index is 2.01. The van der Waals surface area contributed by atoms with E-state index in [2.05, 4.69) is 23.9 Å². The molecule has 1 fully saturated rings. The van der Waals surface area contributed by atoms with Crippen LogP contribution in [0, 0.1) is 18.7 Å². The first kappa shape index (κ1) is 15.4. The molecule has 20 heavy (non-hydrogen) atoms. The van der Waals surface area contributed by atoms with E-state index < -0.39 is 0 Å². The molecule has 3 nitrogen and oxygen atoms in total. The highest BCUT2D eigenvalue weighted by Crippen LogP contribution is 2.15. The van der Waals surface area contributed by atoms with Crippen LogP contribution in [0.15, 0.2) is 18.2 Å². The second-order valence-electron chi connectivity index (χ2n) is 6.03. The zero-order chi connectivity index (χ0) is 14.5. The van der Waals surface area contributed by atoms with Crippen molar-refractivity contribution in [2.75, 3.05) is 46.9 Å².